The first-order valence-electron chi connectivity index (χ1n) is 21.2. The van der Waals surface area contributed by atoms with Gasteiger partial charge >= 0.3 is 0 Å². The first kappa shape index (κ1) is 49.5. The molecule has 2 N–H and O–H groups in total. The molecular weight excluding hydrogens is 977 g/mol. The first-order valence-corrected chi connectivity index (χ1v) is 21.9. The molecule has 2 amide bonds. The largest absolute Gasteiger partial charge is 0.495 e. The number of hydrogen-bond donors (Lipinski definition) is 1. The highest BCUT2D eigenvalue weighted by molar-refractivity contribution is 6.32. The first-order chi connectivity index (χ1) is 33.8. The van der Waals surface area contributed by atoms with Crippen LogP contribution in [0.1, 0.15) is 51.3 Å². The highest BCUT2D eigenvalue weighted by Gasteiger charge is 2.39. The number of nitrogens with two attached hydrogens (primary N) is 1. The van der Waals surface area contributed by atoms with Crippen LogP contribution in [0.15, 0.2) is 131 Å². The number of nitrogens with zero attached hydrogens (tertiary/aromatic N) is 7. The molecule has 3 aromatic heterocycles. The predicted octanol–water partition coefficient (Wildman–Crippen LogP) is 9.24. The number of aryl methyl sites for hydroxylation is 2. The summed E-state index contributed by atoms with van der Waals surface area (Å²) in [5.74, 6) is -9.38. The van der Waals surface area contributed by atoms with E-state index in [4.69, 9.17) is 38.4 Å². The average molecular weight is 1020 g/mol. The molecule has 5 heterocycles. The summed E-state index contributed by atoms with van der Waals surface area (Å²) in [7, 11) is 3.08. The number of amidine groups is 1. The van der Waals surface area contributed by atoms with Gasteiger partial charge in [0.15, 0.2) is 34.9 Å². The van der Waals surface area contributed by atoms with Crippen LogP contribution in [-0.2, 0) is 22.4 Å². The second-order valence-corrected chi connectivity index (χ2v) is 17.1. The number of benzene rings is 4. The number of aromatic nitrogens is 5. The molecule has 13 nitrogen and oxygen atoms in total. The van der Waals surface area contributed by atoms with E-state index in [9.17, 15) is 40.7 Å². The summed E-state index contributed by atoms with van der Waals surface area (Å²) >= 11 is 12.6. The minimum Gasteiger partial charge on any atom is -0.495 e. The topological polar surface area (TPSA) is 152 Å². The number of carbonyl (C=O) groups excluding carboxylic acids is 2. The monoisotopic (exact) mass is 1010 g/mol. The fourth-order valence-electron chi connectivity index (χ4n) is 8.18. The van der Waals surface area contributed by atoms with Crippen LogP contribution in [0.2, 0.25) is 5.02 Å². The van der Waals surface area contributed by atoms with Crippen LogP contribution in [-0.4, -0.2) is 60.4 Å². The third-order valence-electron chi connectivity index (χ3n) is 11.4. The molecule has 71 heavy (non-hydrogen) atoms. The number of carbonyl (C=O) groups is 2. The van der Waals surface area contributed by atoms with E-state index < -0.39 is 64.4 Å². The smallest absolute Gasteiger partial charge is 0.275 e. The van der Waals surface area contributed by atoms with Gasteiger partial charge in [0.05, 0.1) is 59.7 Å². The molecule has 2 unspecified atom stereocenters. The lowest BCUT2D eigenvalue weighted by molar-refractivity contribution is -0.120. The summed E-state index contributed by atoms with van der Waals surface area (Å²) in [6, 6.07) is 12.4. The van der Waals surface area contributed by atoms with Crippen molar-refractivity contribution in [2.75, 3.05) is 14.2 Å². The van der Waals surface area contributed by atoms with Crippen molar-refractivity contribution < 1.29 is 45.4 Å². The van der Waals surface area contributed by atoms with Crippen LogP contribution in [0, 0.1) is 48.8 Å². The van der Waals surface area contributed by atoms with E-state index in [2.05, 4.69) is 15.0 Å². The minimum absolute atomic E-state index is 0.0613. The zero-order valence-corrected chi connectivity index (χ0v) is 39.2. The fourth-order valence-corrected chi connectivity index (χ4v) is 8.65. The predicted molar refractivity (Wildman–Crippen MR) is 251 cm³/mol. The maximum absolute atomic E-state index is 13.9. The van der Waals surface area contributed by atoms with Crippen molar-refractivity contribution in [3.8, 4) is 22.9 Å². The van der Waals surface area contributed by atoms with E-state index >= 15 is 0 Å². The Morgan fingerprint density at radius 2 is 1.25 bits per heavy atom. The van der Waals surface area contributed by atoms with Gasteiger partial charge in [0, 0.05) is 48.8 Å². The molecule has 2 aliphatic heterocycles. The Bertz CT molecular complexity index is 3400. The van der Waals surface area contributed by atoms with Crippen molar-refractivity contribution in [3.05, 3.63) is 210 Å². The number of halogens is 8. The lowest BCUT2D eigenvalue weighted by Gasteiger charge is -2.27. The number of pyridine rings is 1. The van der Waals surface area contributed by atoms with Crippen molar-refractivity contribution in [1.29, 1.82) is 0 Å². The molecule has 0 fully saturated rings. The van der Waals surface area contributed by atoms with Crippen LogP contribution in [0.5, 0.6) is 11.5 Å². The fraction of sp³-hybridized carbons (Fsp3) is 0.160. The molecule has 2 aliphatic rings. The molecule has 4 aromatic carbocycles. The number of rotatable bonds is 12. The molecule has 0 radical (unpaired) electrons. The molecule has 21 heteroatoms. The van der Waals surface area contributed by atoms with Crippen LogP contribution in [0.25, 0.3) is 11.4 Å². The quantitative estimate of drug-likeness (QED) is 0.0940. The molecule has 0 bridgehead atoms. The van der Waals surface area contributed by atoms with Crippen molar-refractivity contribution in [1.82, 2.24) is 28.6 Å². The van der Waals surface area contributed by atoms with Gasteiger partial charge in [-0.3, -0.25) is 19.0 Å². The second-order valence-electron chi connectivity index (χ2n) is 16.3. The Morgan fingerprint density at radius 1 is 0.732 bits per heavy atom. The minimum atomic E-state index is -1.70. The second kappa shape index (κ2) is 20.2. The number of hydrogen-bond acceptors (Lipinski definition) is 8. The van der Waals surface area contributed by atoms with Gasteiger partial charge in [0.2, 0.25) is 5.91 Å². The zero-order valence-electron chi connectivity index (χ0n) is 37.7. The number of aliphatic imine (C=N–C) groups is 1. The van der Waals surface area contributed by atoms with E-state index in [1.807, 2.05) is 49.0 Å². The summed E-state index contributed by atoms with van der Waals surface area (Å²) in [5, 5.41) is 0.385. The molecule has 7 aromatic rings. The standard InChI is InChI=1S/C25H20ClF3N4O3.C25H18ClF3N4O2/c1-13-10-32(12-31-13)20-4-3-14(6-21(20)36-2)5-16-7-17(26)11-33(25(16)35)23(24(30)34)15-8-18(27)22(29)19(28)9-15;1-13-10-32(12-30-13)20-4-3-14(6-21(20)35-2)5-16-7-17(26)11-33-23(25(34)31-24(16)33)15-8-18(27)22(29)19(28)9-15/h3-4,6-12,23H,5H2,1-2H3,(H2,30,34);3-4,6-12,23H,5H2,1-2H3. The number of imidazole rings is 2. The van der Waals surface area contributed by atoms with E-state index in [0.29, 0.717) is 52.1 Å². The number of amides is 2. The average Bonchev–Trinajstić information content (AvgIpc) is 4.06. The van der Waals surface area contributed by atoms with Crippen molar-refractivity contribution in [2.45, 2.75) is 38.8 Å². The highest BCUT2D eigenvalue weighted by atomic mass is 35.5. The highest BCUT2D eigenvalue weighted by Crippen LogP contribution is 2.37. The van der Waals surface area contributed by atoms with E-state index in [0.717, 1.165) is 51.2 Å². The molecule has 2 atom stereocenters. The molecule has 9 rings (SSSR count). The molecule has 364 valence electrons. The van der Waals surface area contributed by atoms with Gasteiger partial charge in [-0.05, 0) is 96.8 Å². The Hall–Kier alpha value is -7.90. The Balaban J connectivity index is 0.000000190. The summed E-state index contributed by atoms with van der Waals surface area (Å²) in [4.78, 5) is 52.4. The van der Waals surface area contributed by atoms with Crippen LogP contribution < -0.4 is 20.8 Å². The molecular formula is C50H38Cl2F6N8O5. The van der Waals surface area contributed by atoms with Gasteiger partial charge in [-0.15, -0.1) is 0 Å². The third-order valence-corrected chi connectivity index (χ3v) is 11.8. The van der Waals surface area contributed by atoms with Gasteiger partial charge in [-0.1, -0.05) is 35.3 Å². The Kier molecular flexibility index (Phi) is 14.1. The molecule has 0 saturated carbocycles. The van der Waals surface area contributed by atoms with Gasteiger partial charge in [-0.25, -0.2) is 36.3 Å². The van der Waals surface area contributed by atoms with Crippen molar-refractivity contribution in [2.24, 2.45) is 10.7 Å². The Labute approximate surface area is 410 Å². The maximum atomic E-state index is 13.9. The lowest BCUT2D eigenvalue weighted by Crippen LogP contribution is -2.36. The lowest BCUT2D eigenvalue weighted by atomic mass is 9.99. The summed E-state index contributed by atoms with van der Waals surface area (Å²) in [6.45, 7) is 3.75. The maximum Gasteiger partial charge on any atom is 0.275 e. The van der Waals surface area contributed by atoms with Crippen molar-refractivity contribution >= 4 is 40.9 Å². The number of allylic oxidation sites excluding steroid dienone is 2. The summed E-state index contributed by atoms with van der Waals surface area (Å²) in [5.41, 5.74) is 10.00. The van der Waals surface area contributed by atoms with Crippen molar-refractivity contribution in [3.63, 3.8) is 0 Å². The SMILES string of the molecule is COc1cc(CC2=CC(Cl)=CN3C2=NC(=O)C3c2cc(F)c(F)c(F)c2)ccc1-n1cnc(C)c1.COc1cc(Cc2cc(Cl)cn(C(C(N)=O)c3cc(F)c(F)c(F)c3)c2=O)ccc1-n1cnc(C)c1. The van der Waals surface area contributed by atoms with Crippen LogP contribution in [0.3, 0.4) is 0 Å². The number of primary amides is 1. The Morgan fingerprint density at radius 3 is 1.75 bits per heavy atom. The number of methoxy groups -OCH3 is 2. The zero-order chi connectivity index (χ0) is 51.0. The van der Waals surface area contributed by atoms with E-state index in [-0.39, 0.29) is 28.1 Å². The molecule has 0 saturated heterocycles. The van der Waals surface area contributed by atoms with Gasteiger partial charge in [-0.2, -0.15) is 4.99 Å². The van der Waals surface area contributed by atoms with Gasteiger partial charge in [0.25, 0.3) is 11.5 Å². The third kappa shape index (κ3) is 10.2. The van der Waals surface area contributed by atoms with Gasteiger partial charge in [0.1, 0.15) is 29.4 Å². The van der Waals surface area contributed by atoms with Crippen LogP contribution >= 0.6 is 23.2 Å². The number of fused-ring (bicyclic) bond motifs is 1. The number of ether oxygens (including phenoxy) is 2. The summed E-state index contributed by atoms with van der Waals surface area (Å²) in [6.07, 6.45) is 11.8. The van der Waals surface area contributed by atoms with E-state index in [1.165, 1.54) is 24.3 Å². The normalized spacial score (nSPS) is 14.5. The van der Waals surface area contributed by atoms with Gasteiger partial charge < -0.3 is 29.2 Å². The van der Waals surface area contributed by atoms with Crippen LogP contribution in [0.4, 0.5) is 26.3 Å². The van der Waals surface area contributed by atoms with E-state index in [1.54, 1.807) is 48.6 Å². The summed E-state index contributed by atoms with van der Waals surface area (Å²) < 4.78 is 97.9. The molecule has 0 spiro atoms. The molecule has 0 aliphatic carbocycles.